The van der Waals surface area contributed by atoms with Crippen molar-refractivity contribution in [2.24, 2.45) is 0 Å². The van der Waals surface area contributed by atoms with Gasteiger partial charge in [0.05, 0.1) is 21.3 Å². The second kappa shape index (κ2) is 5.20. The van der Waals surface area contributed by atoms with Gasteiger partial charge >= 0.3 is 5.97 Å². The Kier molecular flexibility index (Phi) is 3.25. The van der Waals surface area contributed by atoms with Crippen molar-refractivity contribution in [2.75, 3.05) is 0 Å². The Morgan fingerprint density at radius 2 is 1.84 bits per heavy atom. The third-order valence-corrected chi connectivity index (χ3v) is 3.64. The van der Waals surface area contributed by atoms with Crippen LogP contribution in [-0.4, -0.2) is 11.0 Å². The van der Waals surface area contributed by atoms with Crippen LogP contribution in [0.25, 0.3) is 10.2 Å². The average Bonchev–Trinajstić information content (AvgIpc) is 3.07. The van der Waals surface area contributed by atoms with Gasteiger partial charge in [0.1, 0.15) is 6.61 Å². The quantitative estimate of drug-likeness (QED) is 0.585. The summed E-state index contributed by atoms with van der Waals surface area (Å²) in [5.41, 5.74) is 4.67. The summed E-state index contributed by atoms with van der Waals surface area (Å²) >= 11 is 1.68. The minimum Gasteiger partial charge on any atom is -0.457 e. The van der Waals surface area contributed by atoms with E-state index >= 15 is 0 Å². The second-order valence-corrected chi connectivity index (χ2v) is 4.94. The Hall–Kier alpha value is -2.20. The smallest absolute Gasteiger partial charge is 0.338 e. The van der Waals surface area contributed by atoms with Gasteiger partial charge in [0.25, 0.3) is 0 Å². The molecule has 0 spiro atoms. The summed E-state index contributed by atoms with van der Waals surface area (Å²) in [6.45, 7) is 0.439. The minimum atomic E-state index is -0.199. The minimum absolute atomic E-state index is 0.199. The molecule has 0 N–H and O–H groups in total. The fourth-order valence-corrected chi connectivity index (χ4v) is 2.55. The van der Waals surface area contributed by atoms with E-state index in [9.17, 15) is 4.79 Å². The monoisotopic (exact) mass is 269 g/mol. The Labute approximate surface area is 114 Å². The van der Waals surface area contributed by atoms with Gasteiger partial charge in [-0.25, -0.2) is 9.78 Å². The Morgan fingerprint density at radius 1 is 1.05 bits per heavy atom. The first-order valence-electron chi connectivity index (χ1n) is 5.88. The molecule has 0 radical (unpaired) electrons. The van der Waals surface area contributed by atoms with Crippen molar-refractivity contribution in [3.63, 3.8) is 0 Å². The number of thiazole rings is 1. The zero-order valence-electron chi connectivity index (χ0n) is 10.1. The largest absolute Gasteiger partial charge is 0.457 e. The molecule has 94 valence electrons. The highest BCUT2D eigenvalue weighted by Gasteiger charge is 2.18. The van der Waals surface area contributed by atoms with E-state index in [-0.39, 0.29) is 5.97 Å². The third-order valence-electron chi connectivity index (χ3n) is 2.83. The molecule has 0 saturated heterocycles. The fourth-order valence-electron chi connectivity index (χ4n) is 1.87. The van der Waals surface area contributed by atoms with Gasteiger partial charge in [0.2, 0.25) is 0 Å². The summed E-state index contributed by atoms with van der Waals surface area (Å²) < 4.78 is 6.05. The molecule has 1 aliphatic heterocycles. The molecule has 0 bridgehead atoms. The molecule has 3 aromatic rings. The summed E-state index contributed by atoms with van der Waals surface area (Å²) in [5, 5.41) is 0. The van der Waals surface area contributed by atoms with Crippen LogP contribution in [0.1, 0.15) is 15.9 Å². The molecule has 0 saturated carbocycles. The lowest BCUT2D eigenvalue weighted by Crippen LogP contribution is -1.91. The molecule has 0 aliphatic carbocycles. The summed E-state index contributed by atoms with van der Waals surface area (Å²) in [7, 11) is 0. The standard InChI is InChI=1S/C8H6O2.C7H5NS/c9-8-7-4-2-1-3-6(7)5-10-8;1-2-4-7-6(3-1)8-5-9-7/h1-4H,5H2;1-5H. The lowest BCUT2D eigenvalue weighted by atomic mass is 10.1. The number of hydrogen-bond acceptors (Lipinski definition) is 4. The molecule has 19 heavy (non-hydrogen) atoms. The maximum atomic E-state index is 10.8. The average molecular weight is 269 g/mol. The van der Waals surface area contributed by atoms with Gasteiger partial charge in [0.15, 0.2) is 0 Å². The lowest BCUT2D eigenvalue weighted by Gasteiger charge is -1.87. The summed E-state index contributed by atoms with van der Waals surface area (Å²) in [5.74, 6) is -0.199. The molecule has 2 aromatic carbocycles. The maximum absolute atomic E-state index is 10.8. The van der Waals surface area contributed by atoms with Crippen molar-refractivity contribution >= 4 is 27.5 Å². The molecule has 0 atom stereocenters. The van der Waals surface area contributed by atoms with Gasteiger partial charge in [-0.1, -0.05) is 30.3 Å². The highest BCUT2D eigenvalue weighted by atomic mass is 32.1. The molecule has 1 aromatic heterocycles. The first-order chi connectivity index (χ1) is 9.34. The molecule has 4 heteroatoms. The maximum Gasteiger partial charge on any atom is 0.338 e. The molecule has 0 unspecified atom stereocenters. The van der Waals surface area contributed by atoms with Crippen LogP contribution in [0.15, 0.2) is 54.0 Å². The first kappa shape index (κ1) is 11.9. The first-order valence-corrected chi connectivity index (χ1v) is 6.76. The summed E-state index contributed by atoms with van der Waals surface area (Å²) in [6, 6.07) is 15.6. The van der Waals surface area contributed by atoms with Crippen LogP contribution >= 0.6 is 11.3 Å². The van der Waals surface area contributed by atoms with Crippen molar-refractivity contribution in [3.05, 3.63) is 65.2 Å². The number of carbonyl (C=O) groups is 1. The van der Waals surface area contributed by atoms with Gasteiger partial charge in [-0.3, -0.25) is 0 Å². The van der Waals surface area contributed by atoms with E-state index in [0.717, 1.165) is 11.1 Å². The molecule has 0 amide bonds. The number of ether oxygens (including phenoxy) is 1. The zero-order chi connectivity index (χ0) is 13.1. The molecule has 0 fully saturated rings. The zero-order valence-corrected chi connectivity index (χ0v) is 10.9. The van der Waals surface area contributed by atoms with Crippen LogP contribution in [0.3, 0.4) is 0 Å². The Bertz CT molecular complexity index is 691. The number of cyclic esters (lactones) is 1. The van der Waals surface area contributed by atoms with Crippen molar-refractivity contribution in [3.8, 4) is 0 Å². The molecular formula is C15H11NO2S. The molecule has 2 heterocycles. The topological polar surface area (TPSA) is 39.2 Å². The number of carbonyl (C=O) groups excluding carboxylic acids is 1. The second-order valence-electron chi connectivity index (χ2n) is 4.05. The molecule has 3 nitrogen and oxygen atoms in total. The number of nitrogens with zero attached hydrogens (tertiary/aromatic N) is 1. The normalized spacial score (nSPS) is 12.5. The number of benzene rings is 2. The lowest BCUT2D eigenvalue weighted by molar-refractivity contribution is 0.0535. The number of para-hydroxylation sites is 1. The van der Waals surface area contributed by atoms with E-state index in [4.69, 9.17) is 4.74 Å². The summed E-state index contributed by atoms with van der Waals surface area (Å²) in [4.78, 5) is 15.0. The molecular weight excluding hydrogens is 258 g/mol. The van der Waals surface area contributed by atoms with E-state index in [2.05, 4.69) is 11.1 Å². The molecule has 4 rings (SSSR count). The third kappa shape index (κ3) is 2.48. The number of hydrogen-bond donors (Lipinski definition) is 0. The van der Waals surface area contributed by atoms with Crippen LogP contribution in [0, 0.1) is 0 Å². The fraction of sp³-hybridized carbons (Fsp3) is 0.0667. The number of esters is 1. The van der Waals surface area contributed by atoms with E-state index in [0.29, 0.717) is 12.2 Å². The van der Waals surface area contributed by atoms with Gasteiger partial charge in [-0.05, 0) is 18.2 Å². The van der Waals surface area contributed by atoms with Crippen molar-refractivity contribution in [1.29, 1.82) is 0 Å². The van der Waals surface area contributed by atoms with Crippen molar-refractivity contribution in [2.45, 2.75) is 6.61 Å². The SMILES string of the molecule is O=C1OCc2ccccc21.c1ccc2scnc2c1. The Morgan fingerprint density at radius 3 is 2.68 bits per heavy atom. The number of fused-ring (bicyclic) bond motifs is 2. The van der Waals surface area contributed by atoms with Gasteiger partial charge < -0.3 is 4.74 Å². The van der Waals surface area contributed by atoms with E-state index < -0.39 is 0 Å². The van der Waals surface area contributed by atoms with Gasteiger partial charge in [-0.15, -0.1) is 11.3 Å². The van der Waals surface area contributed by atoms with E-state index in [1.165, 1.54) is 4.70 Å². The number of rotatable bonds is 0. The predicted octanol–water partition coefficient (Wildman–Crippen LogP) is 3.65. The van der Waals surface area contributed by atoms with Crippen LogP contribution in [-0.2, 0) is 11.3 Å². The van der Waals surface area contributed by atoms with Crippen LogP contribution < -0.4 is 0 Å². The highest BCUT2D eigenvalue weighted by molar-refractivity contribution is 7.16. The predicted molar refractivity (Wildman–Crippen MR) is 75.2 cm³/mol. The van der Waals surface area contributed by atoms with E-state index in [1.807, 2.05) is 41.9 Å². The highest BCUT2D eigenvalue weighted by Crippen LogP contribution is 2.18. The van der Waals surface area contributed by atoms with Crippen LogP contribution in [0.5, 0.6) is 0 Å². The molecule has 1 aliphatic rings. The van der Waals surface area contributed by atoms with Crippen molar-refractivity contribution < 1.29 is 9.53 Å². The van der Waals surface area contributed by atoms with E-state index in [1.54, 1.807) is 17.4 Å². The number of aromatic nitrogens is 1. The van der Waals surface area contributed by atoms with Gasteiger partial charge in [-0.2, -0.15) is 0 Å². The van der Waals surface area contributed by atoms with Crippen LogP contribution in [0.2, 0.25) is 0 Å². The van der Waals surface area contributed by atoms with Crippen molar-refractivity contribution in [1.82, 2.24) is 4.98 Å². The van der Waals surface area contributed by atoms with Crippen LogP contribution in [0.4, 0.5) is 0 Å². The summed E-state index contributed by atoms with van der Waals surface area (Å²) in [6.07, 6.45) is 0. The van der Waals surface area contributed by atoms with Gasteiger partial charge in [0, 0.05) is 5.56 Å². The Balaban J connectivity index is 0.000000117.